The number of amides is 1. The van der Waals surface area contributed by atoms with Crippen LogP contribution in [0, 0.1) is 6.92 Å². The smallest absolute Gasteiger partial charge is 0.235 e. The summed E-state index contributed by atoms with van der Waals surface area (Å²) in [6.45, 7) is 1.83. The van der Waals surface area contributed by atoms with E-state index in [1.54, 1.807) is 30.1 Å². The predicted molar refractivity (Wildman–Crippen MR) is 72.7 cm³/mol. The van der Waals surface area contributed by atoms with Crippen LogP contribution in [0.2, 0.25) is 0 Å². The summed E-state index contributed by atoms with van der Waals surface area (Å²) in [7, 11) is 0.465. The molecule has 1 aliphatic carbocycles. The zero-order valence-corrected chi connectivity index (χ0v) is 11.5. The van der Waals surface area contributed by atoms with Crippen LogP contribution in [-0.2, 0) is 15.6 Å². The van der Waals surface area contributed by atoms with E-state index in [4.69, 9.17) is 5.73 Å². The Kier molecular flexibility index (Phi) is 3.71. The first kappa shape index (κ1) is 13.1. The number of carbonyl (C=O) groups is 1. The molecule has 1 unspecified atom stereocenters. The molecular weight excluding hydrogens is 248 g/mol. The van der Waals surface area contributed by atoms with E-state index in [-0.39, 0.29) is 11.7 Å². The monoisotopic (exact) mass is 266 g/mol. The SMILES string of the molecule is Cc1c(N)cccc1S(=O)CC(=O)N(C)C1CC1. The van der Waals surface area contributed by atoms with Gasteiger partial charge in [-0.2, -0.15) is 0 Å². The van der Waals surface area contributed by atoms with Crippen LogP contribution < -0.4 is 5.73 Å². The van der Waals surface area contributed by atoms with Crippen LogP contribution in [0.25, 0.3) is 0 Å². The van der Waals surface area contributed by atoms with Gasteiger partial charge in [0.05, 0.1) is 10.8 Å². The van der Waals surface area contributed by atoms with E-state index in [1.807, 2.05) is 6.92 Å². The predicted octanol–water partition coefficient (Wildman–Crippen LogP) is 1.31. The van der Waals surface area contributed by atoms with Crippen molar-refractivity contribution in [2.45, 2.75) is 30.7 Å². The lowest BCUT2D eigenvalue weighted by molar-refractivity contribution is -0.127. The fourth-order valence-electron chi connectivity index (χ4n) is 1.84. The van der Waals surface area contributed by atoms with E-state index in [1.165, 1.54) is 0 Å². The maximum atomic E-state index is 12.2. The zero-order chi connectivity index (χ0) is 13.3. The zero-order valence-electron chi connectivity index (χ0n) is 10.7. The molecule has 1 aromatic carbocycles. The van der Waals surface area contributed by atoms with Crippen molar-refractivity contribution in [3.8, 4) is 0 Å². The molecule has 1 aliphatic rings. The number of hydrogen-bond acceptors (Lipinski definition) is 3. The van der Waals surface area contributed by atoms with E-state index >= 15 is 0 Å². The summed E-state index contributed by atoms with van der Waals surface area (Å²) in [5, 5.41) is 0. The van der Waals surface area contributed by atoms with E-state index in [9.17, 15) is 9.00 Å². The van der Waals surface area contributed by atoms with Gasteiger partial charge in [0.2, 0.25) is 5.91 Å². The summed E-state index contributed by atoms with van der Waals surface area (Å²) >= 11 is 0. The van der Waals surface area contributed by atoms with Gasteiger partial charge in [-0.1, -0.05) is 6.07 Å². The molecule has 2 N–H and O–H groups in total. The molecule has 98 valence electrons. The highest BCUT2D eigenvalue weighted by Crippen LogP contribution is 2.26. The van der Waals surface area contributed by atoms with Gasteiger partial charge in [0.15, 0.2) is 0 Å². The lowest BCUT2D eigenvalue weighted by atomic mass is 10.2. The number of nitrogen functional groups attached to an aromatic ring is 1. The molecule has 2 rings (SSSR count). The number of nitrogens with zero attached hydrogens (tertiary/aromatic N) is 1. The van der Waals surface area contributed by atoms with Crippen molar-refractivity contribution in [3.63, 3.8) is 0 Å². The van der Waals surface area contributed by atoms with Gasteiger partial charge in [0.25, 0.3) is 0 Å². The lowest BCUT2D eigenvalue weighted by Crippen LogP contribution is -2.32. The molecule has 1 aromatic rings. The van der Waals surface area contributed by atoms with Gasteiger partial charge in [-0.15, -0.1) is 0 Å². The van der Waals surface area contributed by atoms with Crippen molar-refractivity contribution < 1.29 is 9.00 Å². The van der Waals surface area contributed by atoms with Crippen molar-refractivity contribution in [2.75, 3.05) is 18.5 Å². The third kappa shape index (κ3) is 2.72. The Bertz CT molecular complexity index is 498. The summed E-state index contributed by atoms with van der Waals surface area (Å²) in [6.07, 6.45) is 2.12. The fraction of sp³-hybridized carbons (Fsp3) is 0.462. The number of benzene rings is 1. The molecule has 0 bridgehead atoms. The minimum Gasteiger partial charge on any atom is -0.398 e. The molecule has 0 spiro atoms. The Labute approximate surface area is 110 Å². The second-order valence-electron chi connectivity index (χ2n) is 4.70. The number of carbonyl (C=O) groups excluding carboxylic acids is 1. The standard InChI is InChI=1S/C13H18N2O2S/c1-9-11(14)4-3-5-12(9)18(17)8-13(16)15(2)10-6-7-10/h3-5,10H,6-8,14H2,1-2H3. The molecule has 5 heteroatoms. The van der Waals surface area contributed by atoms with Crippen molar-refractivity contribution in [1.82, 2.24) is 4.90 Å². The molecule has 1 fully saturated rings. The van der Waals surface area contributed by atoms with E-state index < -0.39 is 10.8 Å². The maximum absolute atomic E-state index is 12.2. The summed E-state index contributed by atoms with van der Waals surface area (Å²) in [6, 6.07) is 5.67. The molecule has 0 saturated heterocycles. The highest BCUT2D eigenvalue weighted by atomic mass is 32.2. The van der Waals surface area contributed by atoms with Crippen LogP contribution in [-0.4, -0.2) is 33.9 Å². The highest BCUT2D eigenvalue weighted by Gasteiger charge is 2.30. The lowest BCUT2D eigenvalue weighted by Gasteiger charge is -2.16. The largest absolute Gasteiger partial charge is 0.398 e. The summed E-state index contributed by atoms with van der Waals surface area (Å²) in [4.78, 5) is 14.3. The third-order valence-corrected chi connectivity index (χ3v) is 4.76. The van der Waals surface area contributed by atoms with Crippen LogP contribution >= 0.6 is 0 Å². The molecule has 1 saturated carbocycles. The number of anilines is 1. The first-order valence-electron chi connectivity index (χ1n) is 6.00. The first-order chi connectivity index (χ1) is 8.50. The summed E-state index contributed by atoms with van der Waals surface area (Å²) < 4.78 is 12.2. The molecule has 18 heavy (non-hydrogen) atoms. The summed E-state index contributed by atoms with van der Waals surface area (Å²) in [5.74, 6) is -0.0187. The summed E-state index contributed by atoms with van der Waals surface area (Å²) in [5.41, 5.74) is 7.20. The van der Waals surface area contributed by atoms with Gasteiger partial charge in [0, 0.05) is 23.7 Å². The number of rotatable bonds is 4. The molecular formula is C13H18N2O2S. The quantitative estimate of drug-likeness (QED) is 0.836. The topological polar surface area (TPSA) is 63.4 Å². The van der Waals surface area contributed by atoms with Gasteiger partial charge < -0.3 is 10.6 Å². The number of nitrogens with two attached hydrogens (primary N) is 1. The van der Waals surface area contributed by atoms with Gasteiger partial charge in [-0.25, -0.2) is 0 Å². The van der Waals surface area contributed by atoms with Crippen LogP contribution in [0.3, 0.4) is 0 Å². The van der Waals surface area contributed by atoms with E-state index in [0.717, 1.165) is 18.4 Å². The van der Waals surface area contributed by atoms with Crippen LogP contribution in [0.4, 0.5) is 5.69 Å². The Morgan fingerprint density at radius 3 is 2.78 bits per heavy atom. The minimum absolute atomic E-state index is 0.0390. The molecule has 0 aromatic heterocycles. The molecule has 4 nitrogen and oxygen atoms in total. The van der Waals surface area contributed by atoms with Crippen LogP contribution in [0.5, 0.6) is 0 Å². The normalized spacial score (nSPS) is 16.3. The van der Waals surface area contributed by atoms with E-state index in [2.05, 4.69) is 0 Å². The van der Waals surface area contributed by atoms with Gasteiger partial charge in [-0.05, 0) is 37.5 Å². The first-order valence-corrected chi connectivity index (χ1v) is 7.31. The second-order valence-corrected chi connectivity index (χ2v) is 6.12. The number of hydrogen-bond donors (Lipinski definition) is 1. The Balaban J connectivity index is 2.07. The van der Waals surface area contributed by atoms with E-state index in [0.29, 0.717) is 16.6 Å². The van der Waals surface area contributed by atoms with Crippen LogP contribution in [0.1, 0.15) is 18.4 Å². The van der Waals surface area contributed by atoms with Crippen molar-refractivity contribution in [3.05, 3.63) is 23.8 Å². The molecule has 0 radical (unpaired) electrons. The molecule has 1 atom stereocenters. The van der Waals surface area contributed by atoms with Gasteiger partial charge in [0.1, 0.15) is 5.75 Å². The van der Waals surface area contributed by atoms with Crippen molar-refractivity contribution >= 4 is 22.4 Å². The van der Waals surface area contributed by atoms with Gasteiger partial charge >= 0.3 is 0 Å². The van der Waals surface area contributed by atoms with Crippen molar-refractivity contribution in [1.29, 1.82) is 0 Å². The Morgan fingerprint density at radius 2 is 2.17 bits per heavy atom. The molecule has 0 heterocycles. The minimum atomic E-state index is -1.32. The highest BCUT2D eigenvalue weighted by molar-refractivity contribution is 7.85. The Morgan fingerprint density at radius 1 is 1.50 bits per heavy atom. The van der Waals surface area contributed by atoms with Crippen LogP contribution in [0.15, 0.2) is 23.1 Å². The fourth-order valence-corrected chi connectivity index (χ4v) is 3.11. The second kappa shape index (κ2) is 5.10. The van der Waals surface area contributed by atoms with Crippen molar-refractivity contribution in [2.24, 2.45) is 0 Å². The average molecular weight is 266 g/mol. The maximum Gasteiger partial charge on any atom is 0.235 e. The Hall–Kier alpha value is -1.36. The third-order valence-electron chi connectivity index (χ3n) is 3.31. The molecule has 1 amide bonds. The van der Waals surface area contributed by atoms with Gasteiger partial charge in [-0.3, -0.25) is 9.00 Å². The molecule has 0 aliphatic heterocycles. The average Bonchev–Trinajstić information content (AvgIpc) is 3.15.